The Hall–Kier alpha value is -3.62. The maximum atomic E-state index is 4.78. The van der Waals surface area contributed by atoms with Crippen molar-refractivity contribution in [3.63, 3.8) is 0 Å². The molecule has 0 aliphatic carbocycles. The summed E-state index contributed by atoms with van der Waals surface area (Å²) in [6.45, 7) is 0.609. The van der Waals surface area contributed by atoms with Gasteiger partial charge < -0.3 is 10.2 Å². The number of hydrogen-bond acceptors (Lipinski definition) is 8. The van der Waals surface area contributed by atoms with Crippen molar-refractivity contribution >= 4 is 22.8 Å². The summed E-state index contributed by atoms with van der Waals surface area (Å²) in [5, 5.41) is 8.15. The summed E-state index contributed by atoms with van der Waals surface area (Å²) >= 11 is 0. The van der Waals surface area contributed by atoms with Crippen molar-refractivity contribution in [1.29, 1.82) is 0 Å². The number of pyridine rings is 1. The van der Waals surface area contributed by atoms with Crippen LogP contribution in [-0.4, -0.2) is 48.8 Å². The van der Waals surface area contributed by atoms with E-state index in [0.29, 0.717) is 18.3 Å². The monoisotopic (exact) mass is 361 g/mol. The quantitative estimate of drug-likeness (QED) is 0.575. The van der Waals surface area contributed by atoms with Gasteiger partial charge in [0, 0.05) is 63.6 Å². The first-order chi connectivity index (χ1) is 13.2. The first-order valence-electron chi connectivity index (χ1n) is 8.45. The second-order valence-electron chi connectivity index (χ2n) is 6.14. The Morgan fingerprint density at radius 3 is 2.63 bits per heavy atom. The van der Waals surface area contributed by atoms with Gasteiger partial charge in [0.1, 0.15) is 5.82 Å². The summed E-state index contributed by atoms with van der Waals surface area (Å²) in [5.74, 6) is 2.00. The second kappa shape index (κ2) is 6.94. The second-order valence-corrected chi connectivity index (χ2v) is 6.14. The van der Waals surface area contributed by atoms with Crippen molar-refractivity contribution in [1.82, 2.24) is 34.7 Å². The molecule has 0 amide bonds. The predicted molar refractivity (Wildman–Crippen MR) is 103 cm³/mol. The topological polar surface area (TPSA) is 97.5 Å². The fourth-order valence-electron chi connectivity index (χ4n) is 2.84. The SMILES string of the molecule is CNc1ncc(CN(C)c2nc(-c3cccnc3)nc3c2cnn3C)cn1. The fourth-order valence-corrected chi connectivity index (χ4v) is 2.84. The van der Waals surface area contributed by atoms with Crippen LogP contribution < -0.4 is 10.2 Å². The number of hydrogen-bond donors (Lipinski definition) is 1. The van der Waals surface area contributed by atoms with Crippen molar-refractivity contribution in [2.24, 2.45) is 7.05 Å². The van der Waals surface area contributed by atoms with E-state index < -0.39 is 0 Å². The zero-order valence-corrected chi connectivity index (χ0v) is 15.3. The lowest BCUT2D eigenvalue weighted by molar-refractivity contribution is 0.785. The number of rotatable bonds is 5. The van der Waals surface area contributed by atoms with E-state index in [0.717, 1.165) is 28.0 Å². The molecule has 27 heavy (non-hydrogen) atoms. The normalized spacial score (nSPS) is 10.9. The van der Waals surface area contributed by atoms with Crippen LogP contribution in [0.25, 0.3) is 22.4 Å². The molecule has 4 aromatic heterocycles. The molecule has 9 nitrogen and oxygen atoms in total. The smallest absolute Gasteiger partial charge is 0.222 e. The zero-order valence-electron chi connectivity index (χ0n) is 15.3. The van der Waals surface area contributed by atoms with E-state index in [1.165, 1.54) is 0 Å². The highest BCUT2D eigenvalue weighted by molar-refractivity contribution is 5.88. The van der Waals surface area contributed by atoms with Gasteiger partial charge in [-0.25, -0.2) is 19.9 Å². The third-order valence-electron chi connectivity index (χ3n) is 4.20. The Kier molecular flexibility index (Phi) is 4.33. The third kappa shape index (κ3) is 3.26. The Morgan fingerprint density at radius 2 is 1.93 bits per heavy atom. The molecule has 0 radical (unpaired) electrons. The van der Waals surface area contributed by atoms with E-state index in [4.69, 9.17) is 4.98 Å². The lowest BCUT2D eigenvalue weighted by Crippen LogP contribution is -2.19. The molecule has 0 aliphatic rings. The van der Waals surface area contributed by atoms with Gasteiger partial charge in [-0.05, 0) is 12.1 Å². The van der Waals surface area contributed by atoms with Crippen LogP contribution in [0.4, 0.5) is 11.8 Å². The Labute approximate surface area is 156 Å². The van der Waals surface area contributed by atoms with E-state index >= 15 is 0 Å². The summed E-state index contributed by atoms with van der Waals surface area (Å²) in [5.41, 5.74) is 2.61. The van der Waals surface area contributed by atoms with Crippen LogP contribution in [0.2, 0.25) is 0 Å². The number of anilines is 2. The zero-order chi connectivity index (χ0) is 18.8. The maximum absolute atomic E-state index is 4.78. The molecule has 1 N–H and O–H groups in total. The van der Waals surface area contributed by atoms with Crippen LogP contribution in [0.1, 0.15) is 5.56 Å². The van der Waals surface area contributed by atoms with E-state index in [1.807, 2.05) is 31.1 Å². The molecule has 0 aromatic carbocycles. The molecule has 0 bridgehead atoms. The molecule has 0 saturated carbocycles. The van der Waals surface area contributed by atoms with Gasteiger partial charge in [0.2, 0.25) is 5.95 Å². The minimum atomic E-state index is 0.594. The van der Waals surface area contributed by atoms with Gasteiger partial charge in [0.05, 0.1) is 11.6 Å². The minimum absolute atomic E-state index is 0.594. The van der Waals surface area contributed by atoms with Gasteiger partial charge in [-0.2, -0.15) is 5.10 Å². The highest BCUT2D eigenvalue weighted by Crippen LogP contribution is 2.27. The Morgan fingerprint density at radius 1 is 1.11 bits per heavy atom. The Balaban J connectivity index is 1.75. The summed E-state index contributed by atoms with van der Waals surface area (Å²) in [6, 6.07) is 3.81. The average molecular weight is 361 g/mol. The predicted octanol–water partition coefficient (Wildman–Crippen LogP) is 1.89. The minimum Gasteiger partial charge on any atom is -0.357 e. The number of aromatic nitrogens is 7. The molecule has 0 saturated heterocycles. The van der Waals surface area contributed by atoms with Crippen molar-refractivity contribution in [2.75, 3.05) is 24.3 Å². The van der Waals surface area contributed by atoms with E-state index in [-0.39, 0.29) is 0 Å². The molecule has 136 valence electrons. The van der Waals surface area contributed by atoms with Crippen LogP contribution >= 0.6 is 0 Å². The fraction of sp³-hybridized carbons (Fsp3) is 0.222. The summed E-state index contributed by atoms with van der Waals surface area (Å²) in [7, 11) is 5.64. The van der Waals surface area contributed by atoms with Crippen molar-refractivity contribution < 1.29 is 0 Å². The molecule has 4 rings (SSSR count). The summed E-state index contributed by atoms with van der Waals surface area (Å²) < 4.78 is 1.75. The van der Waals surface area contributed by atoms with E-state index in [9.17, 15) is 0 Å². The van der Waals surface area contributed by atoms with Crippen LogP contribution in [0.15, 0.2) is 43.1 Å². The lowest BCUT2D eigenvalue weighted by Gasteiger charge is -2.19. The molecule has 0 fully saturated rings. The van der Waals surface area contributed by atoms with Gasteiger partial charge >= 0.3 is 0 Å². The summed E-state index contributed by atoms with van der Waals surface area (Å²) in [4.78, 5) is 24.2. The molecule has 4 heterocycles. The first kappa shape index (κ1) is 16.8. The third-order valence-corrected chi connectivity index (χ3v) is 4.20. The van der Waals surface area contributed by atoms with E-state index in [2.05, 4.69) is 30.4 Å². The number of fused-ring (bicyclic) bond motifs is 1. The molecular weight excluding hydrogens is 342 g/mol. The van der Waals surface area contributed by atoms with Crippen molar-refractivity contribution in [3.8, 4) is 11.4 Å². The van der Waals surface area contributed by atoms with Gasteiger partial charge in [0.15, 0.2) is 11.5 Å². The highest BCUT2D eigenvalue weighted by Gasteiger charge is 2.16. The molecule has 0 aliphatic heterocycles. The largest absolute Gasteiger partial charge is 0.357 e. The highest BCUT2D eigenvalue weighted by atomic mass is 15.3. The van der Waals surface area contributed by atoms with Gasteiger partial charge in [-0.3, -0.25) is 9.67 Å². The van der Waals surface area contributed by atoms with Crippen LogP contribution in [0.5, 0.6) is 0 Å². The van der Waals surface area contributed by atoms with Crippen LogP contribution in [0.3, 0.4) is 0 Å². The lowest BCUT2D eigenvalue weighted by atomic mass is 10.2. The van der Waals surface area contributed by atoms with Gasteiger partial charge in [0.25, 0.3) is 0 Å². The molecule has 0 spiro atoms. The van der Waals surface area contributed by atoms with Crippen molar-refractivity contribution in [2.45, 2.75) is 6.54 Å². The summed E-state index contributed by atoms with van der Waals surface area (Å²) in [6.07, 6.45) is 8.88. The van der Waals surface area contributed by atoms with E-state index in [1.54, 1.807) is 42.7 Å². The number of nitrogens with one attached hydrogen (secondary N) is 1. The van der Waals surface area contributed by atoms with Crippen LogP contribution in [0, 0.1) is 0 Å². The maximum Gasteiger partial charge on any atom is 0.222 e. The molecular formula is C18H19N9. The first-order valence-corrected chi connectivity index (χ1v) is 8.45. The average Bonchev–Trinajstić information content (AvgIpc) is 3.09. The number of aryl methyl sites for hydroxylation is 1. The molecule has 9 heteroatoms. The van der Waals surface area contributed by atoms with Gasteiger partial charge in [-0.1, -0.05) is 0 Å². The Bertz CT molecular complexity index is 1060. The molecule has 0 unspecified atom stereocenters. The van der Waals surface area contributed by atoms with Crippen molar-refractivity contribution in [3.05, 3.63) is 48.7 Å². The number of nitrogens with zero attached hydrogens (tertiary/aromatic N) is 8. The standard InChI is InChI=1S/C18H19N9/c1-19-18-21-7-12(8-22-18)11-26(2)16-14-10-23-27(3)17(14)25-15(24-16)13-5-4-6-20-9-13/h4-10H,11H2,1-3H3,(H,19,21,22). The van der Waals surface area contributed by atoms with Gasteiger partial charge in [-0.15, -0.1) is 0 Å². The molecule has 4 aromatic rings. The van der Waals surface area contributed by atoms with Crippen LogP contribution in [-0.2, 0) is 13.6 Å². The molecule has 0 atom stereocenters.